The Morgan fingerprint density at radius 3 is 3.00 bits per heavy atom. The zero-order valence-corrected chi connectivity index (χ0v) is 8.81. The molecule has 0 unspecified atom stereocenters. The highest BCUT2D eigenvalue weighted by atomic mass is 79.9. The Labute approximate surface area is 85.0 Å². The third kappa shape index (κ3) is 1.61. The van der Waals surface area contributed by atoms with E-state index in [1.165, 1.54) is 0 Å². The van der Waals surface area contributed by atoms with E-state index in [1.54, 1.807) is 6.07 Å². The quantitative estimate of drug-likeness (QED) is 0.675. The lowest BCUT2D eigenvalue weighted by Gasteiger charge is -2.20. The molecule has 1 nitrogen and oxygen atoms in total. The van der Waals surface area contributed by atoms with E-state index in [4.69, 9.17) is 0 Å². The number of fused-ring (bicyclic) bond motifs is 1. The summed E-state index contributed by atoms with van der Waals surface area (Å²) in [5.41, 5.74) is 2.12. The van der Waals surface area contributed by atoms with Gasteiger partial charge in [-0.1, -0.05) is 0 Å². The van der Waals surface area contributed by atoms with Crippen LogP contribution in [0, 0.1) is 5.82 Å². The van der Waals surface area contributed by atoms with Crippen molar-refractivity contribution in [3.05, 3.63) is 39.7 Å². The summed E-state index contributed by atoms with van der Waals surface area (Å²) in [6, 6.07) is 3.40. The molecule has 0 bridgehead atoms. The summed E-state index contributed by atoms with van der Waals surface area (Å²) in [7, 11) is 2.00. The number of halogens is 2. The van der Waals surface area contributed by atoms with Gasteiger partial charge < -0.3 is 4.90 Å². The van der Waals surface area contributed by atoms with Crippen LogP contribution in [0.3, 0.4) is 0 Å². The van der Waals surface area contributed by atoms with Crippen LogP contribution in [0.2, 0.25) is 0 Å². The number of nitrogens with zero attached hydrogens (tertiary/aromatic N) is 1. The maximum Gasteiger partial charge on any atom is 0.137 e. The molecule has 0 aliphatic carbocycles. The molecule has 1 aromatic rings. The van der Waals surface area contributed by atoms with E-state index in [0.717, 1.165) is 17.7 Å². The fourth-order valence-electron chi connectivity index (χ4n) is 1.42. The van der Waals surface area contributed by atoms with Crippen LogP contribution in [0.5, 0.6) is 0 Å². The van der Waals surface area contributed by atoms with Crippen LogP contribution >= 0.6 is 15.9 Å². The Morgan fingerprint density at radius 2 is 2.23 bits per heavy atom. The summed E-state index contributed by atoms with van der Waals surface area (Å²) >= 11 is 3.18. The molecule has 0 radical (unpaired) electrons. The van der Waals surface area contributed by atoms with Gasteiger partial charge in [0.2, 0.25) is 0 Å². The normalized spacial score (nSPS) is 14.5. The fourth-order valence-corrected chi connectivity index (χ4v) is 1.82. The first kappa shape index (κ1) is 8.75. The first-order chi connectivity index (χ1) is 6.16. The van der Waals surface area contributed by atoms with E-state index < -0.39 is 0 Å². The Morgan fingerprint density at radius 1 is 1.46 bits per heavy atom. The van der Waals surface area contributed by atoms with E-state index in [0.29, 0.717) is 4.47 Å². The third-order valence-electron chi connectivity index (χ3n) is 2.11. The van der Waals surface area contributed by atoms with Crippen molar-refractivity contribution in [1.29, 1.82) is 0 Å². The van der Waals surface area contributed by atoms with Gasteiger partial charge in [-0.3, -0.25) is 0 Å². The predicted octanol–water partition coefficient (Wildman–Crippen LogP) is 3.00. The zero-order valence-electron chi connectivity index (χ0n) is 7.22. The highest BCUT2D eigenvalue weighted by Crippen LogP contribution is 2.25. The first-order valence-electron chi connectivity index (χ1n) is 4.03. The van der Waals surface area contributed by atoms with Crippen LogP contribution in [-0.2, 0) is 6.54 Å². The molecule has 13 heavy (non-hydrogen) atoms. The molecule has 68 valence electrons. The summed E-state index contributed by atoms with van der Waals surface area (Å²) in [4.78, 5) is 2.06. The van der Waals surface area contributed by atoms with E-state index in [2.05, 4.69) is 20.8 Å². The van der Waals surface area contributed by atoms with E-state index in [9.17, 15) is 4.39 Å². The molecule has 0 amide bonds. The minimum Gasteiger partial charge on any atom is -0.376 e. The van der Waals surface area contributed by atoms with Crippen LogP contribution in [0.25, 0.3) is 6.08 Å². The molecule has 3 heteroatoms. The van der Waals surface area contributed by atoms with Crippen molar-refractivity contribution in [1.82, 2.24) is 4.90 Å². The van der Waals surface area contributed by atoms with Gasteiger partial charge in [0.1, 0.15) is 5.82 Å². The lowest BCUT2D eigenvalue weighted by molar-refractivity contribution is 0.447. The largest absolute Gasteiger partial charge is 0.376 e. The molecule has 0 aromatic heterocycles. The van der Waals surface area contributed by atoms with E-state index >= 15 is 0 Å². The summed E-state index contributed by atoms with van der Waals surface area (Å²) < 4.78 is 13.6. The second-order valence-electron chi connectivity index (χ2n) is 3.20. The van der Waals surface area contributed by atoms with Gasteiger partial charge in [0.25, 0.3) is 0 Å². The second kappa shape index (κ2) is 3.14. The molecule has 1 aromatic carbocycles. The maximum absolute atomic E-state index is 13.1. The molecule has 0 fully saturated rings. The first-order valence-corrected chi connectivity index (χ1v) is 4.82. The van der Waals surface area contributed by atoms with Crippen molar-refractivity contribution in [3.8, 4) is 0 Å². The molecule has 0 saturated heterocycles. The number of rotatable bonds is 0. The average molecular weight is 242 g/mol. The third-order valence-corrected chi connectivity index (χ3v) is 2.72. The SMILES string of the molecule is CN1C=Cc2cc(F)c(Br)cc2C1. The fraction of sp³-hybridized carbons (Fsp3) is 0.200. The molecule has 0 atom stereocenters. The minimum absolute atomic E-state index is 0.201. The lowest BCUT2D eigenvalue weighted by atomic mass is 10.0. The summed E-state index contributed by atoms with van der Waals surface area (Å²) in [6.45, 7) is 0.838. The van der Waals surface area contributed by atoms with Crippen molar-refractivity contribution in [2.24, 2.45) is 0 Å². The van der Waals surface area contributed by atoms with Gasteiger partial charge >= 0.3 is 0 Å². The van der Waals surface area contributed by atoms with Crippen molar-refractivity contribution in [3.63, 3.8) is 0 Å². The summed E-state index contributed by atoms with van der Waals surface area (Å²) in [5.74, 6) is -0.201. The van der Waals surface area contributed by atoms with Crippen LogP contribution in [0.1, 0.15) is 11.1 Å². The smallest absolute Gasteiger partial charge is 0.137 e. The summed E-state index contributed by atoms with van der Waals surface area (Å²) in [6.07, 6.45) is 3.88. The van der Waals surface area contributed by atoms with Gasteiger partial charge in [-0.2, -0.15) is 0 Å². The molecule has 1 aliphatic heterocycles. The molecule has 1 heterocycles. The second-order valence-corrected chi connectivity index (χ2v) is 4.05. The molecule has 1 aliphatic rings. The van der Waals surface area contributed by atoms with Gasteiger partial charge in [0.05, 0.1) is 4.47 Å². The van der Waals surface area contributed by atoms with Crippen LogP contribution < -0.4 is 0 Å². The predicted molar refractivity (Wildman–Crippen MR) is 54.6 cm³/mol. The van der Waals surface area contributed by atoms with Gasteiger partial charge in [0.15, 0.2) is 0 Å². The molecule has 0 N–H and O–H groups in total. The van der Waals surface area contributed by atoms with Crippen molar-refractivity contribution in [2.45, 2.75) is 6.54 Å². The lowest BCUT2D eigenvalue weighted by Crippen LogP contribution is -2.14. The Balaban J connectivity index is 2.52. The van der Waals surface area contributed by atoms with E-state index in [-0.39, 0.29) is 5.82 Å². The van der Waals surface area contributed by atoms with Crippen molar-refractivity contribution >= 4 is 22.0 Å². The highest BCUT2D eigenvalue weighted by Gasteiger charge is 2.10. The standard InChI is InChI=1S/C10H9BrFN/c1-13-3-2-7-5-10(12)9(11)4-8(7)6-13/h2-5H,6H2,1H3. The molecular formula is C10H9BrFN. The van der Waals surface area contributed by atoms with E-state index in [1.807, 2.05) is 25.4 Å². The van der Waals surface area contributed by atoms with Gasteiger partial charge in [-0.25, -0.2) is 4.39 Å². The maximum atomic E-state index is 13.1. The number of hydrogen-bond donors (Lipinski definition) is 0. The Hall–Kier alpha value is -0.830. The zero-order chi connectivity index (χ0) is 9.42. The Kier molecular flexibility index (Phi) is 2.12. The topological polar surface area (TPSA) is 3.24 Å². The summed E-state index contributed by atoms with van der Waals surface area (Å²) in [5, 5.41) is 0. The molecular weight excluding hydrogens is 233 g/mol. The number of hydrogen-bond acceptors (Lipinski definition) is 1. The van der Waals surface area contributed by atoms with Gasteiger partial charge in [-0.05, 0) is 51.5 Å². The molecule has 2 rings (SSSR count). The minimum atomic E-state index is -0.201. The highest BCUT2D eigenvalue weighted by molar-refractivity contribution is 9.10. The van der Waals surface area contributed by atoms with Crippen LogP contribution in [0.4, 0.5) is 4.39 Å². The number of benzene rings is 1. The van der Waals surface area contributed by atoms with Crippen LogP contribution in [-0.4, -0.2) is 11.9 Å². The molecule has 0 spiro atoms. The average Bonchev–Trinajstić information content (AvgIpc) is 2.08. The monoisotopic (exact) mass is 241 g/mol. The van der Waals surface area contributed by atoms with Crippen LogP contribution in [0.15, 0.2) is 22.8 Å². The van der Waals surface area contributed by atoms with Crippen molar-refractivity contribution in [2.75, 3.05) is 7.05 Å². The van der Waals surface area contributed by atoms with Crippen molar-refractivity contribution < 1.29 is 4.39 Å². The molecule has 0 saturated carbocycles. The Bertz CT molecular complexity index is 373. The van der Waals surface area contributed by atoms with Gasteiger partial charge in [0, 0.05) is 13.6 Å². The van der Waals surface area contributed by atoms with Gasteiger partial charge in [-0.15, -0.1) is 0 Å².